The lowest BCUT2D eigenvalue weighted by molar-refractivity contribution is -0.766. The van der Waals surface area contributed by atoms with Gasteiger partial charge in [0.25, 0.3) is 5.91 Å². The highest BCUT2D eigenvalue weighted by Crippen LogP contribution is 2.43. The summed E-state index contributed by atoms with van der Waals surface area (Å²) in [6.07, 6.45) is 11.1. The van der Waals surface area contributed by atoms with Gasteiger partial charge in [-0.1, -0.05) is 60.7 Å². The molecule has 6 rings (SSSR count). The summed E-state index contributed by atoms with van der Waals surface area (Å²) in [6.45, 7) is 0.690. The molecule has 0 aromatic heterocycles. The van der Waals surface area contributed by atoms with Crippen molar-refractivity contribution >= 4 is 35.0 Å². The van der Waals surface area contributed by atoms with E-state index in [2.05, 4.69) is 28.9 Å². The van der Waals surface area contributed by atoms with Gasteiger partial charge in [-0.15, -0.1) is 11.8 Å². The van der Waals surface area contributed by atoms with Crippen molar-refractivity contribution in [2.75, 3.05) is 42.4 Å². The molecule has 41 heavy (non-hydrogen) atoms. The number of hydrogen-bond donors (Lipinski definition) is 2. The largest absolute Gasteiger partial charge is 0.377 e. The van der Waals surface area contributed by atoms with Crippen molar-refractivity contribution < 1.29 is 14.1 Å². The van der Waals surface area contributed by atoms with Crippen molar-refractivity contribution in [3.8, 4) is 11.1 Å². The lowest BCUT2D eigenvalue weighted by Gasteiger charge is -2.41. The number of carbonyl (C=O) groups is 2. The van der Waals surface area contributed by atoms with E-state index in [0.29, 0.717) is 23.4 Å². The third kappa shape index (κ3) is 4.92. The van der Waals surface area contributed by atoms with E-state index in [-0.39, 0.29) is 16.3 Å². The maximum Gasteiger partial charge on any atom is 0.357 e. The van der Waals surface area contributed by atoms with Crippen molar-refractivity contribution in [3.63, 3.8) is 0 Å². The number of hydrogen-bond acceptors (Lipinski definition) is 5. The van der Waals surface area contributed by atoms with E-state index in [1.807, 2.05) is 116 Å². The number of anilines is 2. The Bertz CT molecular complexity index is 1640. The Morgan fingerprint density at radius 1 is 0.951 bits per heavy atom. The second-order valence-corrected chi connectivity index (χ2v) is 11.6. The van der Waals surface area contributed by atoms with Gasteiger partial charge in [-0.3, -0.25) is 4.79 Å². The summed E-state index contributed by atoms with van der Waals surface area (Å²) in [5, 5.41) is 6.42. The van der Waals surface area contributed by atoms with Gasteiger partial charge in [-0.2, -0.15) is 4.48 Å². The zero-order chi connectivity index (χ0) is 28.4. The molecular formula is C34H33N4O2S+. The van der Waals surface area contributed by atoms with Crippen LogP contribution in [0.25, 0.3) is 11.1 Å². The summed E-state index contributed by atoms with van der Waals surface area (Å²) in [5.41, 5.74) is 7.71. The van der Waals surface area contributed by atoms with Crippen molar-refractivity contribution in [1.29, 1.82) is 0 Å². The second-order valence-electron chi connectivity index (χ2n) is 10.5. The van der Waals surface area contributed by atoms with Crippen molar-refractivity contribution in [3.05, 3.63) is 132 Å². The van der Waals surface area contributed by atoms with Gasteiger partial charge in [-0.05, 0) is 41.8 Å². The smallest absolute Gasteiger partial charge is 0.357 e. The van der Waals surface area contributed by atoms with Gasteiger partial charge in [0, 0.05) is 48.9 Å². The number of rotatable bonds is 5. The first-order chi connectivity index (χ1) is 20.0. The van der Waals surface area contributed by atoms with Gasteiger partial charge in [0.15, 0.2) is 5.70 Å². The molecule has 1 saturated heterocycles. The molecule has 1 aliphatic carbocycles. The molecule has 0 saturated carbocycles. The predicted molar refractivity (Wildman–Crippen MR) is 169 cm³/mol. The Kier molecular flexibility index (Phi) is 7.39. The molecule has 0 spiro atoms. The Labute approximate surface area is 245 Å². The van der Waals surface area contributed by atoms with Crippen molar-refractivity contribution in [1.82, 2.24) is 5.32 Å². The number of carbonyl (C=O) groups excluding carboxylic acids is 2. The first kappa shape index (κ1) is 26.9. The molecule has 3 aromatic carbocycles. The van der Waals surface area contributed by atoms with E-state index < -0.39 is 0 Å². The number of quaternary nitrogens is 1. The maximum absolute atomic E-state index is 14.7. The normalized spacial score (nSPS) is 19.3. The summed E-state index contributed by atoms with van der Waals surface area (Å²) < 4.78 is 0.188. The fourth-order valence-corrected chi connectivity index (χ4v) is 6.88. The standard InChI is InChI=1S/C34H32N4O2S/c1-37(2)31-20-26(36-33(39)29-14-8-7-13-28(29)24-10-4-3-5-11-24)16-17-30(31)34(40)38-18-19-41-23-27(38)22-35-21-25-12-6-9-15-32(25)38/h3-11,13-17,20-22,35H,12,18-19,23H2,1-2H3/p+1/t38-/m1/s1. The molecule has 206 valence electrons. The van der Waals surface area contributed by atoms with Crippen molar-refractivity contribution in [2.24, 2.45) is 0 Å². The lowest BCUT2D eigenvalue weighted by Crippen LogP contribution is -2.55. The SMILES string of the molecule is CN(C)c1cc(NC(=O)c2ccccc2-c2ccccc2)ccc1C(=O)[N@+]12CCSCC1=CNC=C1CC=CC=C12. The Hall–Kier alpha value is -4.33. The zero-order valence-corrected chi connectivity index (χ0v) is 24.1. The van der Waals surface area contributed by atoms with Crippen LogP contribution in [0.2, 0.25) is 0 Å². The molecule has 0 unspecified atom stereocenters. The van der Waals surface area contributed by atoms with Crippen molar-refractivity contribution in [2.45, 2.75) is 6.42 Å². The second kappa shape index (κ2) is 11.3. The first-order valence-corrected chi connectivity index (χ1v) is 14.9. The molecule has 3 aliphatic rings. The van der Waals surface area contributed by atoms with Crippen LogP contribution in [0.5, 0.6) is 0 Å². The molecule has 2 N–H and O–H groups in total. The molecule has 6 nitrogen and oxygen atoms in total. The number of nitrogens with one attached hydrogen (secondary N) is 2. The molecule has 2 aliphatic heterocycles. The molecule has 2 amide bonds. The zero-order valence-electron chi connectivity index (χ0n) is 23.3. The Morgan fingerprint density at radius 2 is 1.76 bits per heavy atom. The average molecular weight is 562 g/mol. The molecule has 0 radical (unpaired) electrons. The minimum Gasteiger partial charge on any atom is -0.377 e. The van der Waals surface area contributed by atoms with Crippen LogP contribution in [-0.4, -0.2) is 48.4 Å². The summed E-state index contributed by atoms with van der Waals surface area (Å²) >= 11 is 1.86. The topological polar surface area (TPSA) is 61.4 Å². The molecular weight excluding hydrogens is 528 g/mol. The van der Waals surface area contributed by atoms with Gasteiger partial charge in [0.2, 0.25) is 0 Å². The minimum atomic E-state index is -0.194. The van der Waals surface area contributed by atoms with Gasteiger partial charge in [-0.25, -0.2) is 4.79 Å². The summed E-state index contributed by atoms with van der Waals surface area (Å²) in [4.78, 5) is 30.2. The quantitative estimate of drug-likeness (QED) is 0.346. The number of fused-ring (bicyclic) bond motifs is 3. The highest BCUT2D eigenvalue weighted by molar-refractivity contribution is 7.99. The van der Waals surface area contributed by atoms with Crippen LogP contribution in [0.4, 0.5) is 11.4 Å². The van der Waals surface area contributed by atoms with Gasteiger partial charge < -0.3 is 15.5 Å². The van der Waals surface area contributed by atoms with Gasteiger partial charge >= 0.3 is 5.91 Å². The lowest BCUT2D eigenvalue weighted by atomic mass is 9.98. The van der Waals surface area contributed by atoms with E-state index in [1.165, 1.54) is 0 Å². The minimum absolute atomic E-state index is 0.0451. The van der Waals surface area contributed by atoms with Gasteiger partial charge in [0.05, 0.1) is 17.6 Å². The Balaban J connectivity index is 1.37. The number of allylic oxidation sites excluding steroid dienone is 4. The number of nitrogens with zero attached hydrogens (tertiary/aromatic N) is 2. The van der Waals surface area contributed by atoms with Crippen LogP contribution in [0.15, 0.2) is 120 Å². The number of benzene rings is 3. The van der Waals surface area contributed by atoms with Crippen LogP contribution >= 0.6 is 11.8 Å². The molecule has 2 heterocycles. The van der Waals surface area contributed by atoms with Crippen LogP contribution in [0.3, 0.4) is 0 Å². The first-order valence-electron chi connectivity index (χ1n) is 13.8. The molecule has 1 fully saturated rings. The fraction of sp³-hybridized carbons (Fsp3) is 0.176. The van der Waals surface area contributed by atoms with E-state index in [1.54, 1.807) is 0 Å². The molecule has 3 aromatic rings. The number of thioether (sulfide) groups is 1. The van der Waals surface area contributed by atoms with E-state index in [4.69, 9.17) is 0 Å². The van der Waals surface area contributed by atoms with Crippen LogP contribution in [-0.2, 0) is 0 Å². The monoisotopic (exact) mass is 561 g/mol. The fourth-order valence-electron chi connectivity index (χ4n) is 5.82. The third-order valence-electron chi connectivity index (χ3n) is 7.86. The summed E-state index contributed by atoms with van der Waals surface area (Å²) in [7, 11) is 3.87. The van der Waals surface area contributed by atoms with Gasteiger partial charge in [0.1, 0.15) is 17.8 Å². The van der Waals surface area contributed by atoms with E-state index >= 15 is 0 Å². The maximum atomic E-state index is 14.7. The Morgan fingerprint density at radius 3 is 2.59 bits per heavy atom. The van der Waals surface area contributed by atoms with E-state index in [9.17, 15) is 9.59 Å². The van der Waals surface area contributed by atoms with E-state index in [0.717, 1.165) is 51.7 Å². The van der Waals surface area contributed by atoms with Crippen LogP contribution in [0, 0.1) is 0 Å². The van der Waals surface area contributed by atoms with Crippen LogP contribution < -0.4 is 15.5 Å². The molecule has 1 atom stereocenters. The predicted octanol–water partition coefficient (Wildman–Crippen LogP) is 6.55. The summed E-state index contributed by atoms with van der Waals surface area (Å²) in [5.74, 6) is 1.53. The number of amides is 2. The highest BCUT2D eigenvalue weighted by atomic mass is 32.2. The average Bonchev–Trinajstić information content (AvgIpc) is 3.18. The third-order valence-corrected chi connectivity index (χ3v) is 8.83. The molecule has 7 heteroatoms. The molecule has 0 bridgehead atoms. The summed E-state index contributed by atoms with van der Waals surface area (Å²) in [6, 6.07) is 23.1. The van der Waals surface area contributed by atoms with Crippen LogP contribution in [0.1, 0.15) is 27.1 Å². The highest BCUT2D eigenvalue weighted by Gasteiger charge is 2.50.